The Balaban J connectivity index is 0.00000200. The predicted molar refractivity (Wildman–Crippen MR) is 83.1 cm³/mol. The van der Waals surface area contributed by atoms with Crippen LogP contribution in [0.1, 0.15) is 5.56 Å². The van der Waals surface area contributed by atoms with Crippen molar-refractivity contribution in [2.24, 2.45) is 0 Å². The highest BCUT2D eigenvalue weighted by molar-refractivity contribution is 5.85. The highest BCUT2D eigenvalue weighted by atomic mass is 35.5. The maximum absolute atomic E-state index is 5.41. The van der Waals surface area contributed by atoms with Crippen molar-refractivity contribution in [1.82, 2.24) is 4.98 Å². The smallest absolute Gasteiger partial charge is 0.127 e. The van der Waals surface area contributed by atoms with Crippen molar-refractivity contribution in [3.05, 3.63) is 48.3 Å². The van der Waals surface area contributed by atoms with Gasteiger partial charge in [0, 0.05) is 43.3 Å². The van der Waals surface area contributed by atoms with Crippen LogP contribution in [0.15, 0.2) is 42.7 Å². The first-order valence-corrected chi connectivity index (χ1v) is 6.06. The summed E-state index contributed by atoms with van der Waals surface area (Å²) in [6, 6.07) is 9.83. The summed E-state index contributed by atoms with van der Waals surface area (Å²) in [6.07, 6.45) is 3.58. The molecule has 0 radical (unpaired) electrons. The van der Waals surface area contributed by atoms with E-state index < -0.39 is 0 Å². The number of hydrogen-bond donors (Lipinski definition) is 0. The first-order valence-electron chi connectivity index (χ1n) is 6.06. The molecule has 0 aliphatic rings. The molecule has 0 unspecified atom stereocenters. The van der Waals surface area contributed by atoms with Gasteiger partial charge in [-0.3, -0.25) is 4.98 Å². The molecule has 20 heavy (non-hydrogen) atoms. The number of rotatable bonds is 5. The van der Waals surface area contributed by atoms with Crippen molar-refractivity contribution in [2.45, 2.75) is 6.54 Å². The Hall–Kier alpha value is -1.94. The molecule has 1 aromatic carbocycles. The number of anilines is 1. The van der Waals surface area contributed by atoms with Gasteiger partial charge in [0.2, 0.25) is 0 Å². The van der Waals surface area contributed by atoms with Gasteiger partial charge in [0.05, 0.1) is 14.2 Å². The summed E-state index contributed by atoms with van der Waals surface area (Å²) >= 11 is 0. The Kier molecular flexibility index (Phi) is 6.12. The maximum Gasteiger partial charge on any atom is 0.127 e. The van der Waals surface area contributed by atoms with E-state index in [-0.39, 0.29) is 12.4 Å². The van der Waals surface area contributed by atoms with Crippen LogP contribution in [0.3, 0.4) is 0 Å². The summed E-state index contributed by atoms with van der Waals surface area (Å²) in [5.74, 6) is 1.63. The Labute approximate surface area is 125 Å². The van der Waals surface area contributed by atoms with Gasteiger partial charge in [-0.25, -0.2) is 0 Å². The monoisotopic (exact) mass is 294 g/mol. The Morgan fingerprint density at radius 2 is 1.75 bits per heavy atom. The largest absolute Gasteiger partial charge is 0.497 e. The molecule has 108 valence electrons. The summed E-state index contributed by atoms with van der Waals surface area (Å²) < 4.78 is 10.6. The first-order chi connectivity index (χ1) is 9.24. The molecule has 0 spiro atoms. The van der Waals surface area contributed by atoms with Crippen LogP contribution >= 0.6 is 12.4 Å². The van der Waals surface area contributed by atoms with Gasteiger partial charge in [0.15, 0.2) is 0 Å². The molecule has 0 atom stereocenters. The fraction of sp³-hybridized carbons (Fsp3) is 0.267. The molecule has 0 fully saturated rings. The molecule has 0 aliphatic carbocycles. The highest BCUT2D eigenvalue weighted by Crippen LogP contribution is 2.26. The molecule has 0 bridgehead atoms. The Morgan fingerprint density at radius 1 is 1.05 bits per heavy atom. The third kappa shape index (κ3) is 3.78. The van der Waals surface area contributed by atoms with Crippen LogP contribution in [-0.4, -0.2) is 26.3 Å². The summed E-state index contributed by atoms with van der Waals surface area (Å²) in [5.41, 5.74) is 2.23. The van der Waals surface area contributed by atoms with Crippen molar-refractivity contribution < 1.29 is 9.47 Å². The first kappa shape index (κ1) is 16.1. The third-order valence-electron chi connectivity index (χ3n) is 3.01. The van der Waals surface area contributed by atoms with Crippen molar-refractivity contribution in [2.75, 3.05) is 26.2 Å². The van der Waals surface area contributed by atoms with Gasteiger partial charge in [-0.05, 0) is 24.3 Å². The lowest BCUT2D eigenvalue weighted by molar-refractivity contribution is 0.391. The molecule has 1 heterocycles. The van der Waals surface area contributed by atoms with E-state index in [1.54, 1.807) is 26.6 Å². The van der Waals surface area contributed by atoms with Crippen LogP contribution in [0.2, 0.25) is 0 Å². The summed E-state index contributed by atoms with van der Waals surface area (Å²) in [6.45, 7) is 0.761. The van der Waals surface area contributed by atoms with E-state index in [9.17, 15) is 0 Å². The van der Waals surface area contributed by atoms with E-state index in [4.69, 9.17) is 9.47 Å². The van der Waals surface area contributed by atoms with Gasteiger partial charge in [-0.1, -0.05) is 0 Å². The minimum atomic E-state index is 0. The fourth-order valence-corrected chi connectivity index (χ4v) is 1.93. The SMILES string of the molecule is COc1ccc(CN(C)c2ccncc2)c(OC)c1.Cl. The van der Waals surface area contributed by atoms with E-state index >= 15 is 0 Å². The van der Waals surface area contributed by atoms with Gasteiger partial charge in [0.25, 0.3) is 0 Å². The normalized spacial score (nSPS) is 9.55. The molecule has 1 aromatic heterocycles. The van der Waals surface area contributed by atoms with E-state index in [0.29, 0.717) is 0 Å². The number of aromatic nitrogens is 1. The molecule has 0 saturated carbocycles. The van der Waals surface area contributed by atoms with E-state index in [2.05, 4.69) is 9.88 Å². The molecule has 0 N–H and O–H groups in total. The summed E-state index contributed by atoms with van der Waals surface area (Å²) in [7, 11) is 5.36. The number of benzene rings is 1. The van der Waals surface area contributed by atoms with Crippen molar-refractivity contribution >= 4 is 18.1 Å². The molecule has 2 rings (SSSR count). The average Bonchev–Trinajstić information content (AvgIpc) is 2.48. The van der Waals surface area contributed by atoms with Crippen molar-refractivity contribution in [1.29, 1.82) is 0 Å². The second kappa shape index (κ2) is 7.60. The minimum Gasteiger partial charge on any atom is -0.497 e. The van der Waals surface area contributed by atoms with E-state index in [0.717, 1.165) is 29.3 Å². The average molecular weight is 295 g/mol. The second-order valence-corrected chi connectivity index (χ2v) is 4.24. The van der Waals surface area contributed by atoms with Crippen molar-refractivity contribution in [3.63, 3.8) is 0 Å². The molecule has 0 saturated heterocycles. The van der Waals surface area contributed by atoms with Crippen molar-refractivity contribution in [3.8, 4) is 11.5 Å². The maximum atomic E-state index is 5.41. The number of ether oxygens (including phenoxy) is 2. The van der Waals surface area contributed by atoms with Gasteiger partial charge < -0.3 is 14.4 Å². The van der Waals surface area contributed by atoms with Crippen LogP contribution in [0.5, 0.6) is 11.5 Å². The third-order valence-corrected chi connectivity index (χ3v) is 3.01. The molecule has 4 nitrogen and oxygen atoms in total. The molecule has 0 amide bonds. The van der Waals surface area contributed by atoms with Gasteiger partial charge in [-0.15, -0.1) is 12.4 Å². The van der Waals surface area contributed by atoms with Gasteiger partial charge in [-0.2, -0.15) is 0 Å². The quantitative estimate of drug-likeness (QED) is 0.848. The number of methoxy groups -OCH3 is 2. The zero-order valence-electron chi connectivity index (χ0n) is 11.9. The summed E-state index contributed by atoms with van der Waals surface area (Å²) in [5, 5.41) is 0. The second-order valence-electron chi connectivity index (χ2n) is 4.24. The number of pyridine rings is 1. The Bertz CT molecular complexity index is 535. The molecular weight excluding hydrogens is 276 g/mol. The van der Waals surface area contributed by atoms with Crippen LogP contribution in [0, 0.1) is 0 Å². The van der Waals surface area contributed by atoms with Crippen LogP contribution in [-0.2, 0) is 6.54 Å². The number of halogens is 1. The van der Waals surface area contributed by atoms with Gasteiger partial charge >= 0.3 is 0 Å². The number of nitrogens with zero attached hydrogens (tertiary/aromatic N) is 2. The van der Waals surface area contributed by atoms with Gasteiger partial charge in [0.1, 0.15) is 11.5 Å². The standard InChI is InChI=1S/C15H18N2O2.ClH/c1-17(13-6-8-16-9-7-13)11-12-4-5-14(18-2)10-15(12)19-3;/h4-10H,11H2,1-3H3;1H. The van der Waals surface area contributed by atoms with E-state index in [1.807, 2.05) is 37.4 Å². The predicted octanol–water partition coefficient (Wildman–Crippen LogP) is 3.16. The molecular formula is C15H19ClN2O2. The molecule has 5 heteroatoms. The molecule has 0 aliphatic heterocycles. The minimum absolute atomic E-state index is 0. The fourth-order valence-electron chi connectivity index (χ4n) is 1.93. The topological polar surface area (TPSA) is 34.6 Å². The summed E-state index contributed by atoms with van der Waals surface area (Å²) in [4.78, 5) is 6.17. The van der Waals surface area contributed by atoms with Crippen LogP contribution < -0.4 is 14.4 Å². The Morgan fingerprint density at radius 3 is 2.35 bits per heavy atom. The lowest BCUT2D eigenvalue weighted by Gasteiger charge is -2.20. The zero-order valence-corrected chi connectivity index (χ0v) is 12.7. The van der Waals surface area contributed by atoms with Crippen LogP contribution in [0.25, 0.3) is 0 Å². The highest BCUT2D eigenvalue weighted by Gasteiger charge is 2.08. The molecule has 2 aromatic rings. The lowest BCUT2D eigenvalue weighted by atomic mass is 10.1. The number of hydrogen-bond acceptors (Lipinski definition) is 4. The lowest BCUT2D eigenvalue weighted by Crippen LogP contribution is -2.16. The van der Waals surface area contributed by atoms with E-state index in [1.165, 1.54) is 0 Å². The van der Waals surface area contributed by atoms with Crippen LogP contribution in [0.4, 0.5) is 5.69 Å². The zero-order chi connectivity index (χ0) is 13.7.